The first kappa shape index (κ1) is 12.7. The van der Waals surface area contributed by atoms with E-state index in [1.165, 1.54) is 32.1 Å². The van der Waals surface area contributed by atoms with Gasteiger partial charge in [-0.25, -0.2) is 0 Å². The normalized spacial score (nSPS) is 41.5. The first-order valence-corrected chi connectivity index (χ1v) is 8.42. The fraction of sp³-hybridized carbons (Fsp3) is 0.882. The van der Waals surface area contributed by atoms with E-state index < -0.39 is 5.41 Å². The van der Waals surface area contributed by atoms with Gasteiger partial charge in [0.1, 0.15) is 5.41 Å². The van der Waals surface area contributed by atoms with Crippen LogP contribution in [0.25, 0.3) is 0 Å². The number of hydrogen-bond acceptors (Lipinski definition) is 2. The van der Waals surface area contributed by atoms with Crippen molar-refractivity contribution in [3.05, 3.63) is 0 Å². The van der Waals surface area contributed by atoms with Gasteiger partial charge < -0.3 is 4.90 Å². The molecule has 0 spiro atoms. The van der Waals surface area contributed by atoms with Crippen LogP contribution in [-0.4, -0.2) is 23.4 Å². The summed E-state index contributed by atoms with van der Waals surface area (Å²) >= 11 is 0. The number of hydrogen-bond donors (Lipinski definition) is 0. The second-order valence-electron chi connectivity index (χ2n) is 7.79. The van der Waals surface area contributed by atoms with Crippen molar-refractivity contribution >= 4 is 5.91 Å². The van der Waals surface area contributed by atoms with Crippen molar-refractivity contribution in [2.75, 3.05) is 6.54 Å². The molecule has 3 nitrogen and oxygen atoms in total. The number of carbonyl (C=O) groups excluding carboxylic acids is 1. The van der Waals surface area contributed by atoms with Crippen LogP contribution in [0.1, 0.15) is 57.8 Å². The van der Waals surface area contributed by atoms with E-state index in [1.54, 1.807) is 0 Å². The highest BCUT2D eigenvalue weighted by Crippen LogP contribution is 2.49. The van der Waals surface area contributed by atoms with Gasteiger partial charge in [-0.2, -0.15) is 5.26 Å². The molecule has 20 heavy (non-hydrogen) atoms. The predicted octanol–water partition coefficient (Wildman–Crippen LogP) is 3.11. The summed E-state index contributed by atoms with van der Waals surface area (Å²) in [6, 6.07) is 2.85. The molecule has 2 atom stereocenters. The Hall–Kier alpha value is -1.04. The van der Waals surface area contributed by atoms with Crippen LogP contribution in [0.4, 0.5) is 0 Å². The van der Waals surface area contributed by atoms with E-state index in [-0.39, 0.29) is 5.91 Å². The lowest BCUT2D eigenvalue weighted by Crippen LogP contribution is -2.48. The zero-order chi connectivity index (χ0) is 13.7. The van der Waals surface area contributed by atoms with Crippen molar-refractivity contribution in [3.8, 4) is 6.07 Å². The van der Waals surface area contributed by atoms with E-state index in [9.17, 15) is 10.1 Å². The largest absolute Gasteiger partial charge is 0.338 e. The summed E-state index contributed by atoms with van der Waals surface area (Å²) in [6.07, 6.45) is 10.2. The van der Waals surface area contributed by atoms with E-state index in [2.05, 4.69) is 11.0 Å². The molecule has 2 unspecified atom stereocenters. The first-order valence-electron chi connectivity index (χ1n) is 8.42. The third-order valence-electron chi connectivity index (χ3n) is 6.45. The summed E-state index contributed by atoms with van der Waals surface area (Å²) in [4.78, 5) is 15.2. The van der Waals surface area contributed by atoms with Crippen LogP contribution in [-0.2, 0) is 4.79 Å². The Bertz CT molecular complexity index is 446. The highest BCUT2D eigenvalue weighted by molar-refractivity contribution is 5.86. The van der Waals surface area contributed by atoms with Crippen molar-refractivity contribution in [1.29, 1.82) is 5.26 Å². The van der Waals surface area contributed by atoms with Gasteiger partial charge in [0.2, 0.25) is 5.91 Å². The Morgan fingerprint density at radius 2 is 1.60 bits per heavy atom. The predicted molar refractivity (Wildman–Crippen MR) is 75.6 cm³/mol. The van der Waals surface area contributed by atoms with E-state index in [4.69, 9.17) is 0 Å². The monoisotopic (exact) mass is 272 g/mol. The van der Waals surface area contributed by atoms with Crippen molar-refractivity contribution < 1.29 is 4.79 Å². The van der Waals surface area contributed by atoms with Crippen molar-refractivity contribution in [3.63, 3.8) is 0 Å². The van der Waals surface area contributed by atoms with Crippen LogP contribution in [0.3, 0.4) is 0 Å². The molecular formula is C17H24N2O. The van der Waals surface area contributed by atoms with Crippen LogP contribution in [0.5, 0.6) is 0 Å². The van der Waals surface area contributed by atoms with E-state index in [0.29, 0.717) is 12.0 Å². The lowest BCUT2D eigenvalue weighted by atomic mass is 9.68. The average molecular weight is 272 g/mol. The fourth-order valence-electron chi connectivity index (χ4n) is 5.66. The molecule has 5 fully saturated rings. The molecule has 4 bridgehead atoms. The minimum Gasteiger partial charge on any atom is -0.338 e. The quantitative estimate of drug-likeness (QED) is 0.736. The SMILES string of the molecule is N#CC1(C(=O)N2CC3CC4CC(C3)CC2C4)CCCC1. The zero-order valence-corrected chi connectivity index (χ0v) is 12.2. The van der Waals surface area contributed by atoms with Gasteiger partial charge in [-0.05, 0) is 62.7 Å². The minimum atomic E-state index is -0.665. The third kappa shape index (κ3) is 1.80. The number of rotatable bonds is 1. The minimum absolute atomic E-state index is 0.190. The van der Waals surface area contributed by atoms with Gasteiger partial charge in [0.15, 0.2) is 0 Å². The highest BCUT2D eigenvalue weighted by atomic mass is 16.2. The zero-order valence-electron chi connectivity index (χ0n) is 12.2. The molecule has 0 N–H and O–H groups in total. The molecule has 0 aromatic heterocycles. The molecule has 3 aliphatic carbocycles. The van der Waals surface area contributed by atoms with Gasteiger partial charge in [-0.15, -0.1) is 0 Å². The Kier molecular flexibility index (Phi) is 2.84. The molecule has 0 aromatic rings. The van der Waals surface area contributed by atoms with E-state index in [0.717, 1.165) is 44.1 Å². The maximum Gasteiger partial charge on any atom is 0.243 e. The average Bonchev–Trinajstić information content (AvgIpc) is 2.85. The number of fused-ring (bicyclic) bond motifs is 1. The second-order valence-corrected chi connectivity index (χ2v) is 7.79. The Morgan fingerprint density at radius 3 is 2.20 bits per heavy atom. The molecule has 108 valence electrons. The molecule has 0 radical (unpaired) electrons. The molecule has 3 saturated carbocycles. The summed E-state index contributed by atoms with van der Waals surface area (Å²) in [5, 5.41) is 9.59. The molecule has 5 rings (SSSR count). The first-order chi connectivity index (χ1) is 9.70. The van der Waals surface area contributed by atoms with Crippen molar-refractivity contribution in [2.24, 2.45) is 23.2 Å². The maximum absolute atomic E-state index is 13.1. The molecular weight excluding hydrogens is 248 g/mol. The summed E-state index contributed by atoms with van der Waals surface area (Å²) in [5.74, 6) is 2.62. The summed E-state index contributed by atoms with van der Waals surface area (Å²) in [5.41, 5.74) is -0.665. The van der Waals surface area contributed by atoms with Gasteiger partial charge in [0.25, 0.3) is 0 Å². The van der Waals surface area contributed by atoms with Gasteiger partial charge in [0, 0.05) is 12.6 Å². The maximum atomic E-state index is 13.1. The lowest BCUT2D eigenvalue weighted by Gasteiger charge is -2.40. The summed E-state index contributed by atoms with van der Waals surface area (Å²) < 4.78 is 0. The van der Waals surface area contributed by atoms with Gasteiger partial charge >= 0.3 is 0 Å². The van der Waals surface area contributed by atoms with E-state index >= 15 is 0 Å². The molecule has 5 aliphatic rings. The Labute approximate surface area is 121 Å². The number of amides is 1. The van der Waals surface area contributed by atoms with Gasteiger partial charge in [0.05, 0.1) is 6.07 Å². The van der Waals surface area contributed by atoms with Gasteiger partial charge in [-0.3, -0.25) is 4.79 Å². The van der Waals surface area contributed by atoms with Crippen LogP contribution in [0.15, 0.2) is 0 Å². The molecule has 2 heterocycles. The number of nitriles is 1. The van der Waals surface area contributed by atoms with Crippen LogP contribution in [0, 0.1) is 34.5 Å². The van der Waals surface area contributed by atoms with Gasteiger partial charge in [-0.1, -0.05) is 12.8 Å². The molecule has 2 saturated heterocycles. The van der Waals surface area contributed by atoms with Crippen LogP contribution < -0.4 is 0 Å². The van der Waals surface area contributed by atoms with Crippen LogP contribution in [0.2, 0.25) is 0 Å². The molecule has 2 aliphatic heterocycles. The number of carbonyl (C=O) groups is 1. The molecule has 1 amide bonds. The lowest BCUT2D eigenvalue weighted by molar-refractivity contribution is -0.141. The Balaban J connectivity index is 1.62. The third-order valence-corrected chi connectivity index (χ3v) is 6.45. The Morgan fingerprint density at radius 1 is 1.00 bits per heavy atom. The fourth-order valence-corrected chi connectivity index (χ4v) is 5.66. The summed E-state index contributed by atoms with van der Waals surface area (Å²) in [7, 11) is 0. The highest BCUT2D eigenvalue weighted by Gasteiger charge is 2.50. The smallest absolute Gasteiger partial charge is 0.243 e. The summed E-state index contributed by atoms with van der Waals surface area (Å²) in [6.45, 7) is 0.944. The number of nitrogens with zero attached hydrogens (tertiary/aromatic N) is 2. The van der Waals surface area contributed by atoms with Crippen molar-refractivity contribution in [1.82, 2.24) is 4.90 Å². The van der Waals surface area contributed by atoms with Crippen LogP contribution >= 0.6 is 0 Å². The van der Waals surface area contributed by atoms with E-state index in [1.807, 2.05) is 0 Å². The molecule has 0 aromatic carbocycles. The second kappa shape index (κ2) is 4.48. The molecule has 3 heteroatoms. The standard InChI is InChI=1S/C17H24N2O/c18-11-17(3-1-2-4-17)16(20)19-10-14-6-12-5-13(7-14)9-15(19)8-12/h12-15H,1-10H2. The van der Waals surface area contributed by atoms with Crippen molar-refractivity contribution in [2.45, 2.75) is 63.8 Å². The topological polar surface area (TPSA) is 44.1 Å².